The number of nitro groups is 1. The maximum atomic E-state index is 12.2. The molecule has 0 fully saturated rings. The predicted octanol–water partition coefficient (Wildman–Crippen LogP) is 2.84. The molecule has 1 aliphatic heterocycles. The molecular formula is C16H16N2O6. The van der Waals surface area contributed by atoms with Gasteiger partial charge in [-0.3, -0.25) is 14.9 Å². The molecule has 1 atom stereocenters. The number of rotatable bonds is 5. The van der Waals surface area contributed by atoms with Crippen molar-refractivity contribution < 1.29 is 23.6 Å². The van der Waals surface area contributed by atoms with Crippen LogP contribution in [0.1, 0.15) is 35.5 Å². The average Bonchev–Trinajstić information content (AvgIpc) is 3.09. The summed E-state index contributed by atoms with van der Waals surface area (Å²) in [5.41, 5.74) is 0.858. The first-order valence-electron chi connectivity index (χ1n) is 7.53. The summed E-state index contributed by atoms with van der Waals surface area (Å²) >= 11 is 0. The molecule has 1 aromatic heterocycles. The summed E-state index contributed by atoms with van der Waals surface area (Å²) in [7, 11) is 0. The topological polar surface area (TPSA) is 104 Å². The molecule has 126 valence electrons. The van der Waals surface area contributed by atoms with Gasteiger partial charge in [-0.05, 0) is 30.2 Å². The van der Waals surface area contributed by atoms with Gasteiger partial charge in [0.1, 0.15) is 18.1 Å². The first-order chi connectivity index (χ1) is 11.6. The third kappa shape index (κ3) is 3.17. The van der Waals surface area contributed by atoms with Gasteiger partial charge in [0.05, 0.1) is 12.1 Å². The highest BCUT2D eigenvalue weighted by Crippen LogP contribution is 2.33. The highest BCUT2D eigenvalue weighted by Gasteiger charge is 2.21. The number of benzene rings is 1. The molecule has 0 radical (unpaired) electrons. The van der Waals surface area contributed by atoms with Crippen LogP contribution in [0.5, 0.6) is 11.5 Å². The van der Waals surface area contributed by atoms with Crippen LogP contribution in [0.3, 0.4) is 0 Å². The highest BCUT2D eigenvalue weighted by atomic mass is 16.6. The van der Waals surface area contributed by atoms with Crippen molar-refractivity contribution in [1.29, 1.82) is 0 Å². The van der Waals surface area contributed by atoms with Crippen molar-refractivity contribution >= 4 is 11.8 Å². The summed E-state index contributed by atoms with van der Waals surface area (Å²) in [6.07, 6.45) is 0.633. The van der Waals surface area contributed by atoms with Gasteiger partial charge in [0.15, 0.2) is 17.3 Å². The number of hydrogen-bond acceptors (Lipinski definition) is 6. The van der Waals surface area contributed by atoms with Crippen molar-refractivity contribution in [1.82, 2.24) is 5.32 Å². The molecule has 1 amide bonds. The van der Waals surface area contributed by atoms with E-state index in [2.05, 4.69) is 5.32 Å². The van der Waals surface area contributed by atoms with E-state index in [1.54, 1.807) is 6.07 Å². The molecule has 8 heteroatoms. The molecule has 0 bridgehead atoms. The van der Waals surface area contributed by atoms with Crippen LogP contribution < -0.4 is 14.8 Å². The fraction of sp³-hybridized carbons (Fsp3) is 0.312. The number of hydrogen-bond donors (Lipinski definition) is 1. The summed E-state index contributed by atoms with van der Waals surface area (Å²) in [6.45, 7) is 2.92. The van der Waals surface area contributed by atoms with Gasteiger partial charge in [-0.15, -0.1) is 0 Å². The van der Waals surface area contributed by atoms with E-state index in [1.807, 2.05) is 19.1 Å². The number of fused-ring (bicyclic) bond motifs is 1. The first kappa shape index (κ1) is 15.9. The average molecular weight is 332 g/mol. The van der Waals surface area contributed by atoms with Crippen molar-refractivity contribution in [2.75, 3.05) is 13.2 Å². The van der Waals surface area contributed by atoms with Crippen LogP contribution in [-0.2, 0) is 0 Å². The number of nitrogens with one attached hydrogen (secondary N) is 1. The lowest BCUT2D eigenvalue weighted by molar-refractivity contribution is -0.402. The third-order valence-corrected chi connectivity index (χ3v) is 3.68. The van der Waals surface area contributed by atoms with Gasteiger partial charge in [0.2, 0.25) is 0 Å². The van der Waals surface area contributed by atoms with Crippen LogP contribution in [0.15, 0.2) is 34.7 Å². The van der Waals surface area contributed by atoms with Crippen LogP contribution in [0.25, 0.3) is 0 Å². The van der Waals surface area contributed by atoms with E-state index in [9.17, 15) is 14.9 Å². The second-order valence-corrected chi connectivity index (χ2v) is 5.23. The Morgan fingerprint density at radius 3 is 2.67 bits per heavy atom. The summed E-state index contributed by atoms with van der Waals surface area (Å²) in [6, 6.07) is 7.64. The normalized spacial score (nSPS) is 14.0. The fourth-order valence-electron chi connectivity index (χ4n) is 2.48. The van der Waals surface area contributed by atoms with Crippen molar-refractivity contribution in [2.24, 2.45) is 0 Å². The second kappa shape index (κ2) is 6.61. The number of ether oxygens (including phenoxy) is 2. The minimum absolute atomic E-state index is 0.0994. The van der Waals surface area contributed by atoms with Crippen LogP contribution in [0.2, 0.25) is 0 Å². The zero-order valence-electron chi connectivity index (χ0n) is 13.0. The molecule has 1 aromatic carbocycles. The molecule has 1 unspecified atom stereocenters. The molecule has 1 N–H and O–H groups in total. The Morgan fingerprint density at radius 1 is 1.25 bits per heavy atom. The molecule has 2 heterocycles. The van der Waals surface area contributed by atoms with Gasteiger partial charge in [-0.1, -0.05) is 13.0 Å². The summed E-state index contributed by atoms with van der Waals surface area (Å²) in [5, 5.41) is 13.4. The van der Waals surface area contributed by atoms with E-state index in [1.165, 1.54) is 6.07 Å². The monoisotopic (exact) mass is 332 g/mol. The van der Waals surface area contributed by atoms with Crippen molar-refractivity contribution in [2.45, 2.75) is 19.4 Å². The Labute approximate surface area is 137 Å². The predicted molar refractivity (Wildman–Crippen MR) is 83.3 cm³/mol. The summed E-state index contributed by atoms with van der Waals surface area (Å²) in [4.78, 5) is 22.2. The van der Waals surface area contributed by atoms with Gasteiger partial charge in [-0.25, -0.2) is 0 Å². The molecule has 8 nitrogen and oxygen atoms in total. The highest BCUT2D eigenvalue weighted by molar-refractivity contribution is 5.92. The smallest absolute Gasteiger partial charge is 0.433 e. The number of carbonyl (C=O) groups is 1. The Kier molecular flexibility index (Phi) is 4.37. The van der Waals surface area contributed by atoms with E-state index in [-0.39, 0.29) is 11.8 Å². The number of nitrogens with zero attached hydrogens (tertiary/aromatic N) is 1. The maximum absolute atomic E-state index is 12.2. The van der Waals surface area contributed by atoms with Crippen LogP contribution in [-0.4, -0.2) is 24.0 Å². The van der Waals surface area contributed by atoms with Gasteiger partial charge < -0.3 is 19.2 Å². The van der Waals surface area contributed by atoms with Crippen molar-refractivity contribution in [3.63, 3.8) is 0 Å². The Hall–Kier alpha value is -3.03. The lowest BCUT2D eigenvalue weighted by atomic mass is 10.0. The molecule has 0 aliphatic carbocycles. The second-order valence-electron chi connectivity index (χ2n) is 5.23. The molecule has 0 saturated heterocycles. The number of carbonyl (C=O) groups excluding carboxylic acids is 1. The number of furan rings is 1. The zero-order valence-corrected chi connectivity index (χ0v) is 13.0. The molecular weight excluding hydrogens is 316 g/mol. The van der Waals surface area contributed by atoms with E-state index >= 15 is 0 Å². The Morgan fingerprint density at radius 2 is 2.00 bits per heavy atom. The lowest BCUT2D eigenvalue weighted by Gasteiger charge is -2.22. The maximum Gasteiger partial charge on any atom is 0.433 e. The van der Waals surface area contributed by atoms with Gasteiger partial charge in [0.25, 0.3) is 5.91 Å². The van der Waals surface area contributed by atoms with Crippen molar-refractivity contribution in [3.8, 4) is 11.5 Å². The first-order valence-corrected chi connectivity index (χ1v) is 7.53. The number of amides is 1. The zero-order chi connectivity index (χ0) is 17.1. The largest absolute Gasteiger partial charge is 0.486 e. The standard InChI is InChI=1S/C16H16N2O6/c1-2-11(10-3-4-12-14(9-10)23-8-7-22-12)17-16(19)13-5-6-15(24-13)18(20)21/h3-6,9,11H,2,7-8H2,1H3,(H,17,19). The molecule has 0 spiro atoms. The molecule has 0 saturated carbocycles. The summed E-state index contributed by atoms with van der Waals surface area (Å²) in [5.74, 6) is 0.239. The molecule has 3 rings (SSSR count). The third-order valence-electron chi connectivity index (χ3n) is 3.68. The van der Waals surface area contributed by atoms with E-state index < -0.39 is 16.7 Å². The van der Waals surface area contributed by atoms with Crippen LogP contribution >= 0.6 is 0 Å². The lowest BCUT2D eigenvalue weighted by Crippen LogP contribution is -2.28. The van der Waals surface area contributed by atoms with Crippen LogP contribution in [0.4, 0.5) is 5.88 Å². The quantitative estimate of drug-likeness (QED) is 0.667. The molecule has 1 aliphatic rings. The Balaban J connectivity index is 1.76. The van der Waals surface area contributed by atoms with Gasteiger partial charge in [-0.2, -0.15) is 0 Å². The SMILES string of the molecule is CCC(NC(=O)c1ccc([N+](=O)[O-])o1)c1ccc2c(c1)OCCO2. The fourth-order valence-corrected chi connectivity index (χ4v) is 2.48. The Bertz CT molecular complexity index is 770. The summed E-state index contributed by atoms with van der Waals surface area (Å²) < 4.78 is 15.9. The minimum Gasteiger partial charge on any atom is -0.486 e. The van der Waals surface area contributed by atoms with E-state index in [0.717, 1.165) is 11.6 Å². The van der Waals surface area contributed by atoms with Gasteiger partial charge >= 0.3 is 5.88 Å². The van der Waals surface area contributed by atoms with Crippen LogP contribution in [0, 0.1) is 10.1 Å². The van der Waals surface area contributed by atoms with E-state index in [0.29, 0.717) is 31.1 Å². The van der Waals surface area contributed by atoms with Gasteiger partial charge in [0, 0.05) is 0 Å². The van der Waals surface area contributed by atoms with E-state index in [4.69, 9.17) is 13.9 Å². The molecule has 2 aromatic rings. The minimum atomic E-state index is -0.686. The van der Waals surface area contributed by atoms with Crippen molar-refractivity contribution in [3.05, 3.63) is 51.8 Å². The molecule has 24 heavy (non-hydrogen) atoms.